The molecule has 13 heteroatoms. The zero-order chi connectivity index (χ0) is 23.6. The fourth-order valence-electron chi connectivity index (χ4n) is 2.33. The second-order valence-electron chi connectivity index (χ2n) is 6.88. The molecule has 30 heavy (non-hydrogen) atoms. The summed E-state index contributed by atoms with van der Waals surface area (Å²) in [6.07, 6.45) is -1.94. The molecule has 0 rings (SSSR count). The van der Waals surface area contributed by atoms with Crippen molar-refractivity contribution >= 4 is 29.7 Å². The number of nitrogens with two attached hydrogens (primary N) is 1. The first kappa shape index (κ1) is 27.2. The topological polar surface area (TPSA) is 228 Å². The van der Waals surface area contributed by atoms with Crippen molar-refractivity contribution in [2.24, 2.45) is 11.7 Å². The molecule has 3 amide bonds. The van der Waals surface area contributed by atoms with E-state index >= 15 is 0 Å². The predicted molar refractivity (Wildman–Crippen MR) is 102 cm³/mol. The van der Waals surface area contributed by atoms with Gasteiger partial charge < -0.3 is 42.1 Å². The minimum atomic E-state index is -1.78. The number of carbonyl (C=O) groups excluding carboxylic acids is 3. The van der Waals surface area contributed by atoms with Gasteiger partial charge in [-0.25, -0.2) is 4.79 Å². The van der Waals surface area contributed by atoms with E-state index in [9.17, 15) is 29.1 Å². The van der Waals surface area contributed by atoms with Crippen molar-refractivity contribution in [3.05, 3.63) is 0 Å². The lowest BCUT2D eigenvalue weighted by Crippen LogP contribution is -2.61. The van der Waals surface area contributed by atoms with Crippen LogP contribution in [0.15, 0.2) is 0 Å². The fraction of sp³-hybridized carbons (Fsp3) is 0.706. The van der Waals surface area contributed by atoms with E-state index in [1.807, 2.05) is 5.32 Å². The highest BCUT2D eigenvalue weighted by molar-refractivity contribution is 5.95. The summed E-state index contributed by atoms with van der Waals surface area (Å²) in [4.78, 5) is 58.9. The van der Waals surface area contributed by atoms with Gasteiger partial charge in [-0.05, 0) is 12.8 Å². The van der Waals surface area contributed by atoms with E-state index in [1.54, 1.807) is 13.8 Å². The first-order chi connectivity index (χ1) is 13.8. The molecule has 0 heterocycles. The monoisotopic (exact) mass is 434 g/mol. The van der Waals surface area contributed by atoms with E-state index in [0.29, 0.717) is 6.42 Å². The van der Waals surface area contributed by atoms with Crippen LogP contribution < -0.4 is 21.7 Å². The molecule has 0 aromatic rings. The van der Waals surface area contributed by atoms with Crippen LogP contribution >= 0.6 is 0 Å². The van der Waals surface area contributed by atoms with Crippen molar-refractivity contribution < 1.29 is 44.4 Å². The second kappa shape index (κ2) is 12.7. The molecule has 0 aliphatic rings. The van der Waals surface area contributed by atoms with E-state index in [4.69, 9.17) is 21.1 Å². The van der Waals surface area contributed by atoms with Crippen LogP contribution in [0.2, 0.25) is 0 Å². The highest BCUT2D eigenvalue weighted by Gasteiger charge is 2.34. The predicted octanol–water partition coefficient (Wildman–Crippen LogP) is -3.25. The number of carbonyl (C=O) groups is 5. The van der Waals surface area contributed by atoms with E-state index in [-0.39, 0.29) is 0 Å². The summed E-state index contributed by atoms with van der Waals surface area (Å²) in [7, 11) is 0. The molecule has 6 atom stereocenters. The molecule has 172 valence electrons. The Kier molecular flexibility index (Phi) is 11.5. The summed E-state index contributed by atoms with van der Waals surface area (Å²) in [5, 5.41) is 43.2. The molecular formula is C17H30N4O9. The summed E-state index contributed by atoms with van der Waals surface area (Å²) in [5.41, 5.74) is 5.43. The highest BCUT2D eigenvalue weighted by Crippen LogP contribution is 2.09. The Labute approximate surface area is 173 Å². The van der Waals surface area contributed by atoms with Crippen LogP contribution in [0, 0.1) is 5.92 Å². The second-order valence-corrected chi connectivity index (χ2v) is 6.88. The minimum absolute atomic E-state index is 0.420. The summed E-state index contributed by atoms with van der Waals surface area (Å²) in [5.74, 6) is -6.27. The van der Waals surface area contributed by atoms with Crippen molar-refractivity contribution in [1.82, 2.24) is 16.0 Å². The van der Waals surface area contributed by atoms with Gasteiger partial charge in [-0.15, -0.1) is 0 Å². The van der Waals surface area contributed by atoms with Crippen molar-refractivity contribution in [1.29, 1.82) is 0 Å². The Bertz CT molecular complexity index is 641. The van der Waals surface area contributed by atoms with Gasteiger partial charge in [0.2, 0.25) is 17.7 Å². The van der Waals surface area contributed by atoms with Crippen LogP contribution in [-0.2, 0) is 24.0 Å². The van der Waals surface area contributed by atoms with Gasteiger partial charge in [0.05, 0.1) is 19.1 Å². The molecule has 9 N–H and O–H groups in total. The number of nitrogens with one attached hydrogen (secondary N) is 3. The smallest absolute Gasteiger partial charge is 0.326 e. The SMILES string of the molecule is CCC(C)C(NC(=O)C(N)CO)C(=O)NC(C(=O)NC(CC(=O)O)C(=O)O)C(C)O. The van der Waals surface area contributed by atoms with E-state index in [2.05, 4.69) is 10.6 Å². The Morgan fingerprint density at radius 3 is 1.80 bits per heavy atom. The zero-order valence-corrected chi connectivity index (χ0v) is 17.0. The number of aliphatic hydroxyl groups is 2. The van der Waals surface area contributed by atoms with Gasteiger partial charge in [0.25, 0.3) is 0 Å². The number of aliphatic hydroxyl groups excluding tert-OH is 2. The molecule has 0 aromatic carbocycles. The summed E-state index contributed by atoms with van der Waals surface area (Å²) >= 11 is 0. The average molecular weight is 434 g/mol. The molecule has 0 fully saturated rings. The number of aliphatic carboxylic acids is 2. The maximum Gasteiger partial charge on any atom is 0.326 e. The number of rotatable bonds is 13. The van der Waals surface area contributed by atoms with Crippen LogP contribution in [0.4, 0.5) is 0 Å². The Hall–Kier alpha value is -2.77. The lowest BCUT2D eigenvalue weighted by molar-refractivity contribution is -0.148. The Morgan fingerprint density at radius 1 is 0.900 bits per heavy atom. The third-order valence-electron chi connectivity index (χ3n) is 4.38. The minimum Gasteiger partial charge on any atom is -0.481 e. The van der Waals surface area contributed by atoms with E-state index in [1.165, 1.54) is 0 Å². The van der Waals surface area contributed by atoms with Gasteiger partial charge in [0.1, 0.15) is 24.2 Å². The third-order valence-corrected chi connectivity index (χ3v) is 4.38. The normalized spacial score (nSPS) is 16.9. The first-order valence-electron chi connectivity index (χ1n) is 9.25. The average Bonchev–Trinajstić information content (AvgIpc) is 2.66. The Morgan fingerprint density at radius 2 is 1.40 bits per heavy atom. The number of hydrogen-bond donors (Lipinski definition) is 8. The quantitative estimate of drug-likeness (QED) is 0.144. The number of amides is 3. The van der Waals surface area contributed by atoms with Gasteiger partial charge in [-0.1, -0.05) is 20.3 Å². The molecule has 0 radical (unpaired) electrons. The van der Waals surface area contributed by atoms with E-state index in [0.717, 1.165) is 6.92 Å². The van der Waals surface area contributed by atoms with Gasteiger partial charge in [-0.3, -0.25) is 19.2 Å². The van der Waals surface area contributed by atoms with Crippen molar-refractivity contribution in [2.45, 2.75) is 63.9 Å². The van der Waals surface area contributed by atoms with Crippen LogP contribution in [0.1, 0.15) is 33.6 Å². The Balaban J connectivity index is 5.46. The summed E-state index contributed by atoms with van der Waals surface area (Å²) < 4.78 is 0. The zero-order valence-electron chi connectivity index (χ0n) is 17.0. The summed E-state index contributed by atoms with van der Waals surface area (Å²) in [6, 6.07) is -5.83. The molecule has 0 saturated heterocycles. The first-order valence-corrected chi connectivity index (χ1v) is 9.25. The lowest BCUT2D eigenvalue weighted by atomic mass is 9.97. The van der Waals surface area contributed by atoms with Crippen molar-refractivity contribution in [3.63, 3.8) is 0 Å². The van der Waals surface area contributed by atoms with Gasteiger partial charge in [0, 0.05) is 0 Å². The van der Waals surface area contributed by atoms with Crippen LogP contribution in [0.3, 0.4) is 0 Å². The number of carboxylic acids is 2. The van der Waals surface area contributed by atoms with Crippen molar-refractivity contribution in [3.8, 4) is 0 Å². The van der Waals surface area contributed by atoms with Crippen LogP contribution in [0.5, 0.6) is 0 Å². The number of carboxylic acid groups (broad SMARTS) is 2. The maximum atomic E-state index is 12.7. The molecule has 0 aliphatic carbocycles. The highest BCUT2D eigenvalue weighted by atomic mass is 16.4. The molecular weight excluding hydrogens is 404 g/mol. The third kappa shape index (κ3) is 8.71. The molecule has 0 saturated carbocycles. The molecule has 0 spiro atoms. The number of hydrogen-bond acceptors (Lipinski definition) is 8. The fourth-order valence-corrected chi connectivity index (χ4v) is 2.33. The maximum absolute atomic E-state index is 12.7. The molecule has 0 bridgehead atoms. The van der Waals surface area contributed by atoms with Crippen molar-refractivity contribution in [2.75, 3.05) is 6.61 Å². The van der Waals surface area contributed by atoms with E-state index < -0.39 is 78.9 Å². The summed E-state index contributed by atoms with van der Waals surface area (Å²) in [6.45, 7) is 3.89. The largest absolute Gasteiger partial charge is 0.481 e. The van der Waals surface area contributed by atoms with Gasteiger partial charge in [0.15, 0.2) is 0 Å². The van der Waals surface area contributed by atoms with Crippen LogP contribution in [0.25, 0.3) is 0 Å². The molecule has 0 aromatic heterocycles. The van der Waals surface area contributed by atoms with Crippen LogP contribution in [-0.4, -0.2) is 87.0 Å². The lowest BCUT2D eigenvalue weighted by Gasteiger charge is -2.28. The van der Waals surface area contributed by atoms with Gasteiger partial charge >= 0.3 is 11.9 Å². The van der Waals surface area contributed by atoms with Gasteiger partial charge in [-0.2, -0.15) is 0 Å². The standard InChI is InChI=1S/C17H30N4O9/c1-4-7(2)12(20-14(26)9(18)6-22)15(27)21-13(8(3)23)16(28)19-10(17(29)30)5-11(24)25/h7-10,12-13,22-23H,4-6,18H2,1-3H3,(H,19,28)(H,20,26)(H,21,27)(H,24,25)(H,29,30). The molecule has 0 aliphatic heterocycles. The molecule has 6 unspecified atom stereocenters. The molecule has 13 nitrogen and oxygen atoms in total.